The van der Waals surface area contributed by atoms with E-state index in [1.165, 1.54) is 16.3 Å². The molecule has 0 aliphatic rings. The van der Waals surface area contributed by atoms with Crippen LogP contribution in [0.1, 0.15) is 11.1 Å². The maximum atomic E-state index is 12.4. The number of hydrogen-bond acceptors (Lipinski definition) is 3. The highest BCUT2D eigenvalue weighted by molar-refractivity contribution is 6.04. The van der Waals surface area contributed by atoms with Gasteiger partial charge in [-0.25, -0.2) is 0 Å². The number of rotatable bonds is 7. The molecule has 3 aromatic carbocycles. The first-order valence-corrected chi connectivity index (χ1v) is 10.1. The standard InChI is InChI=1S/C26H23N3O2/c1-31-14-13-28-26(30)21(16-27)15-22-18-29(25-12-5-4-11-24(22)25)17-20-9-6-8-19-7-2-3-10-23(19)20/h2-12,15,18H,13-14,17H2,1H3,(H,28,30). The number of hydrogen-bond donors (Lipinski definition) is 1. The lowest BCUT2D eigenvalue weighted by Gasteiger charge is -2.09. The maximum absolute atomic E-state index is 12.4. The predicted octanol–water partition coefficient (Wildman–Crippen LogP) is 4.51. The van der Waals surface area contributed by atoms with Gasteiger partial charge in [0, 0.05) is 42.9 Å². The van der Waals surface area contributed by atoms with Crippen molar-refractivity contribution in [1.29, 1.82) is 5.26 Å². The van der Waals surface area contributed by atoms with Gasteiger partial charge in [0.05, 0.1) is 6.61 Å². The third-order valence-corrected chi connectivity index (χ3v) is 5.30. The monoisotopic (exact) mass is 409 g/mol. The largest absolute Gasteiger partial charge is 0.383 e. The van der Waals surface area contributed by atoms with Crippen LogP contribution in [-0.4, -0.2) is 30.7 Å². The molecule has 0 radical (unpaired) electrons. The van der Waals surface area contributed by atoms with Crippen LogP contribution in [0.5, 0.6) is 0 Å². The average molecular weight is 409 g/mol. The van der Waals surface area contributed by atoms with Gasteiger partial charge in [-0.2, -0.15) is 5.26 Å². The zero-order valence-electron chi connectivity index (χ0n) is 17.3. The Bertz CT molecular complexity index is 1310. The summed E-state index contributed by atoms with van der Waals surface area (Å²) >= 11 is 0. The van der Waals surface area contributed by atoms with E-state index >= 15 is 0 Å². The summed E-state index contributed by atoms with van der Waals surface area (Å²) in [5.41, 5.74) is 3.18. The minimum absolute atomic E-state index is 0.0733. The molecule has 0 unspecified atom stereocenters. The first kappa shape index (κ1) is 20.4. The molecule has 4 aromatic rings. The fraction of sp³-hybridized carbons (Fsp3) is 0.154. The van der Waals surface area contributed by atoms with E-state index in [9.17, 15) is 10.1 Å². The number of nitrogens with zero attached hydrogens (tertiary/aromatic N) is 2. The second kappa shape index (κ2) is 9.29. The van der Waals surface area contributed by atoms with Crippen molar-refractivity contribution in [2.75, 3.05) is 20.3 Å². The van der Waals surface area contributed by atoms with Crippen LogP contribution in [0.25, 0.3) is 27.8 Å². The molecule has 5 heteroatoms. The van der Waals surface area contributed by atoms with Gasteiger partial charge in [-0.05, 0) is 28.5 Å². The van der Waals surface area contributed by atoms with Crippen LogP contribution in [0.3, 0.4) is 0 Å². The van der Waals surface area contributed by atoms with Crippen LogP contribution in [0.2, 0.25) is 0 Å². The number of fused-ring (bicyclic) bond motifs is 2. The van der Waals surface area contributed by atoms with Crippen LogP contribution in [0, 0.1) is 11.3 Å². The van der Waals surface area contributed by atoms with Crippen molar-refractivity contribution in [3.63, 3.8) is 0 Å². The summed E-state index contributed by atoms with van der Waals surface area (Å²) in [6.45, 7) is 1.45. The summed E-state index contributed by atoms with van der Waals surface area (Å²) in [5, 5.41) is 15.7. The van der Waals surface area contributed by atoms with E-state index in [0.29, 0.717) is 19.7 Å². The molecule has 0 saturated heterocycles. The zero-order chi connectivity index (χ0) is 21.6. The van der Waals surface area contributed by atoms with Crippen molar-refractivity contribution < 1.29 is 9.53 Å². The van der Waals surface area contributed by atoms with Gasteiger partial charge in [-0.15, -0.1) is 0 Å². The Morgan fingerprint density at radius 3 is 2.61 bits per heavy atom. The Balaban J connectivity index is 1.72. The molecular weight excluding hydrogens is 386 g/mol. The lowest BCUT2D eigenvalue weighted by molar-refractivity contribution is -0.117. The molecule has 0 saturated carbocycles. The SMILES string of the molecule is COCCNC(=O)C(C#N)=Cc1cn(Cc2cccc3ccccc23)c2ccccc12. The van der Waals surface area contributed by atoms with Gasteiger partial charge in [0.15, 0.2) is 0 Å². The topological polar surface area (TPSA) is 67.0 Å². The van der Waals surface area contributed by atoms with Gasteiger partial charge in [0.2, 0.25) is 0 Å². The first-order valence-electron chi connectivity index (χ1n) is 10.1. The van der Waals surface area contributed by atoms with Crippen LogP contribution in [0.15, 0.2) is 78.5 Å². The van der Waals surface area contributed by atoms with Gasteiger partial charge < -0.3 is 14.6 Å². The van der Waals surface area contributed by atoms with Crippen molar-refractivity contribution >= 4 is 33.7 Å². The zero-order valence-corrected chi connectivity index (χ0v) is 17.3. The smallest absolute Gasteiger partial charge is 0.262 e. The van der Waals surface area contributed by atoms with Crippen molar-refractivity contribution in [3.05, 3.63) is 89.6 Å². The Hall–Kier alpha value is -3.88. The molecule has 1 heterocycles. The quantitative estimate of drug-likeness (QED) is 0.277. The molecule has 1 aromatic heterocycles. The molecule has 4 rings (SSSR count). The van der Waals surface area contributed by atoms with E-state index in [-0.39, 0.29) is 5.57 Å². The minimum Gasteiger partial charge on any atom is -0.383 e. The van der Waals surface area contributed by atoms with E-state index in [0.717, 1.165) is 16.5 Å². The second-order valence-electron chi connectivity index (χ2n) is 7.29. The van der Waals surface area contributed by atoms with Gasteiger partial charge >= 0.3 is 0 Å². The summed E-state index contributed by atoms with van der Waals surface area (Å²) in [6.07, 6.45) is 3.66. The highest BCUT2D eigenvalue weighted by Gasteiger charge is 2.13. The Kier molecular flexibility index (Phi) is 6.11. The van der Waals surface area contributed by atoms with Crippen LogP contribution >= 0.6 is 0 Å². The van der Waals surface area contributed by atoms with E-state index < -0.39 is 5.91 Å². The van der Waals surface area contributed by atoms with E-state index in [1.807, 2.05) is 36.5 Å². The lowest BCUT2D eigenvalue weighted by Crippen LogP contribution is -2.27. The fourth-order valence-corrected chi connectivity index (χ4v) is 3.80. The van der Waals surface area contributed by atoms with Crippen molar-refractivity contribution in [1.82, 2.24) is 9.88 Å². The Labute approximate surface area is 181 Å². The van der Waals surface area contributed by atoms with E-state index in [1.54, 1.807) is 13.2 Å². The third-order valence-electron chi connectivity index (χ3n) is 5.30. The lowest BCUT2D eigenvalue weighted by atomic mass is 10.0. The maximum Gasteiger partial charge on any atom is 0.262 e. The number of nitriles is 1. The average Bonchev–Trinajstić information content (AvgIpc) is 3.15. The summed E-state index contributed by atoms with van der Waals surface area (Å²) in [5.74, 6) is -0.398. The molecule has 1 amide bonds. The molecule has 0 spiro atoms. The highest BCUT2D eigenvalue weighted by atomic mass is 16.5. The first-order chi connectivity index (χ1) is 15.2. The van der Waals surface area contributed by atoms with Gasteiger partial charge in [0.25, 0.3) is 5.91 Å². The van der Waals surface area contributed by atoms with Crippen molar-refractivity contribution in [2.45, 2.75) is 6.54 Å². The van der Waals surface area contributed by atoms with Crippen LogP contribution in [-0.2, 0) is 16.1 Å². The summed E-state index contributed by atoms with van der Waals surface area (Å²) in [7, 11) is 1.57. The minimum atomic E-state index is -0.398. The van der Waals surface area contributed by atoms with Crippen molar-refractivity contribution in [3.8, 4) is 6.07 Å². The molecule has 0 aliphatic heterocycles. The summed E-state index contributed by atoms with van der Waals surface area (Å²) < 4.78 is 7.12. The summed E-state index contributed by atoms with van der Waals surface area (Å²) in [6, 6.07) is 24.7. The van der Waals surface area contributed by atoms with E-state index in [4.69, 9.17) is 4.74 Å². The predicted molar refractivity (Wildman–Crippen MR) is 123 cm³/mol. The number of carbonyl (C=O) groups is 1. The number of carbonyl (C=O) groups excluding carboxylic acids is 1. The summed E-state index contributed by atoms with van der Waals surface area (Å²) in [4.78, 5) is 12.4. The van der Waals surface area contributed by atoms with Gasteiger partial charge in [-0.3, -0.25) is 4.79 Å². The molecule has 1 N–H and O–H groups in total. The number of ether oxygens (including phenoxy) is 1. The second-order valence-corrected chi connectivity index (χ2v) is 7.29. The number of methoxy groups -OCH3 is 1. The van der Waals surface area contributed by atoms with Gasteiger partial charge in [0.1, 0.15) is 11.6 Å². The highest BCUT2D eigenvalue weighted by Crippen LogP contribution is 2.26. The molecule has 0 aliphatic carbocycles. The number of nitrogens with one attached hydrogen (secondary N) is 1. The molecule has 5 nitrogen and oxygen atoms in total. The molecule has 154 valence electrons. The number of benzene rings is 3. The molecule has 31 heavy (non-hydrogen) atoms. The number of amides is 1. The van der Waals surface area contributed by atoms with Crippen molar-refractivity contribution in [2.24, 2.45) is 0 Å². The Morgan fingerprint density at radius 1 is 1.06 bits per heavy atom. The fourth-order valence-electron chi connectivity index (χ4n) is 3.80. The van der Waals surface area contributed by atoms with Crippen LogP contribution in [0.4, 0.5) is 0 Å². The molecular formula is C26H23N3O2. The Morgan fingerprint density at radius 2 is 1.81 bits per heavy atom. The number of aromatic nitrogens is 1. The number of para-hydroxylation sites is 1. The van der Waals surface area contributed by atoms with E-state index in [2.05, 4.69) is 52.3 Å². The van der Waals surface area contributed by atoms with Gasteiger partial charge in [-0.1, -0.05) is 60.7 Å². The van der Waals surface area contributed by atoms with Crippen LogP contribution < -0.4 is 5.32 Å². The molecule has 0 atom stereocenters. The molecule has 0 bridgehead atoms. The normalized spacial score (nSPS) is 11.5. The third kappa shape index (κ3) is 4.35. The molecule has 0 fully saturated rings.